The molecule has 0 saturated carbocycles. The lowest BCUT2D eigenvalue weighted by molar-refractivity contribution is -0.385. The molecule has 0 aliphatic carbocycles. The van der Waals surface area contributed by atoms with E-state index in [4.69, 9.17) is 18.9 Å². The number of carboxylic acids is 1. The van der Waals surface area contributed by atoms with E-state index in [2.05, 4.69) is 4.72 Å². The van der Waals surface area contributed by atoms with Crippen LogP contribution in [0.1, 0.15) is 10.4 Å². The molecular weight excluding hydrogens is 424 g/mol. The number of nitrogens with one attached hydrogen (secondary N) is 1. The van der Waals surface area contributed by atoms with Crippen LogP contribution in [0, 0.1) is 10.1 Å². The third-order valence-electron chi connectivity index (χ3n) is 3.94. The Morgan fingerprint density at radius 2 is 1.60 bits per heavy atom. The third-order valence-corrected chi connectivity index (χ3v) is 5.32. The molecule has 0 unspecified atom stereocenters. The molecule has 0 aliphatic heterocycles. The predicted molar refractivity (Wildman–Crippen MR) is 104 cm³/mol. The fraction of sp³-hybridized carbons (Fsp3) is 0.235. The van der Waals surface area contributed by atoms with Crippen molar-refractivity contribution in [2.24, 2.45) is 0 Å². The number of non-ortho nitro benzene ring substituents is 1. The van der Waals surface area contributed by atoms with E-state index >= 15 is 0 Å². The van der Waals surface area contributed by atoms with Crippen molar-refractivity contribution in [3.05, 3.63) is 39.9 Å². The van der Waals surface area contributed by atoms with E-state index in [9.17, 15) is 28.4 Å². The van der Waals surface area contributed by atoms with Crippen LogP contribution >= 0.6 is 0 Å². The highest BCUT2D eigenvalue weighted by Gasteiger charge is 2.30. The number of nitro benzene ring substituents is 1. The molecule has 13 heteroatoms. The van der Waals surface area contributed by atoms with Crippen LogP contribution in [-0.4, -0.2) is 52.9 Å². The summed E-state index contributed by atoms with van der Waals surface area (Å²) in [6, 6.07) is 4.01. The van der Waals surface area contributed by atoms with Crippen molar-refractivity contribution in [3.63, 3.8) is 0 Å². The summed E-state index contributed by atoms with van der Waals surface area (Å²) in [5.41, 5.74) is -1.47. The maximum Gasteiger partial charge on any atom is 0.338 e. The number of rotatable bonds is 9. The maximum absolute atomic E-state index is 13.0. The first-order valence-electron chi connectivity index (χ1n) is 8.02. The highest BCUT2D eigenvalue weighted by Crippen LogP contribution is 2.46. The van der Waals surface area contributed by atoms with Gasteiger partial charge in [-0.3, -0.25) is 14.8 Å². The van der Waals surface area contributed by atoms with Gasteiger partial charge in [0, 0.05) is 18.2 Å². The molecule has 0 radical (unpaired) electrons. The Hall–Kier alpha value is -3.74. The first-order chi connectivity index (χ1) is 14.1. The van der Waals surface area contributed by atoms with Gasteiger partial charge in [-0.15, -0.1) is 0 Å². The van der Waals surface area contributed by atoms with Crippen LogP contribution in [0.5, 0.6) is 23.0 Å². The highest BCUT2D eigenvalue weighted by molar-refractivity contribution is 7.92. The van der Waals surface area contributed by atoms with Crippen LogP contribution in [0.2, 0.25) is 0 Å². The molecule has 2 N–H and O–H groups in total. The Labute approximate surface area is 171 Å². The predicted octanol–water partition coefficient (Wildman–Crippen LogP) is 2.13. The molecular formula is C17H18N2O10S. The summed E-state index contributed by atoms with van der Waals surface area (Å²) in [4.78, 5) is 21.4. The van der Waals surface area contributed by atoms with Crippen molar-refractivity contribution in [2.75, 3.05) is 33.2 Å². The number of ether oxygens (including phenoxy) is 4. The summed E-state index contributed by atoms with van der Waals surface area (Å²) in [6.45, 7) is 0. The fourth-order valence-corrected chi connectivity index (χ4v) is 3.88. The number of hydrogen-bond donors (Lipinski definition) is 2. The van der Waals surface area contributed by atoms with Crippen molar-refractivity contribution in [2.45, 2.75) is 4.90 Å². The second-order valence-corrected chi connectivity index (χ2v) is 7.22. The number of carboxylic acid groups (broad SMARTS) is 1. The molecule has 0 bridgehead atoms. The van der Waals surface area contributed by atoms with Gasteiger partial charge in [0.25, 0.3) is 15.7 Å². The number of carbonyl (C=O) groups is 1. The van der Waals surface area contributed by atoms with E-state index in [0.717, 1.165) is 24.3 Å². The molecule has 0 spiro atoms. The number of nitro groups is 1. The van der Waals surface area contributed by atoms with Crippen molar-refractivity contribution < 1.29 is 42.2 Å². The number of aromatic carboxylic acids is 1. The molecule has 162 valence electrons. The Morgan fingerprint density at radius 3 is 2.07 bits per heavy atom. The van der Waals surface area contributed by atoms with E-state index in [1.807, 2.05) is 0 Å². The van der Waals surface area contributed by atoms with Crippen molar-refractivity contribution in [1.29, 1.82) is 0 Å². The van der Waals surface area contributed by atoms with Gasteiger partial charge in [-0.25, -0.2) is 13.2 Å². The normalized spacial score (nSPS) is 10.8. The summed E-state index contributed by atoms with van der Waals surface area (Å²) < 4.78 is 48.5. The average Bonchev–Trinajstić information content (AvgIpc) is 2.71. The Balaban J connectivity index is 2.76. The van der Waals surface area contributed by atoms with Gasteiger partial charge in [-0.05, 0) is 6.07 Å². The quantitative estimate of drug-likeness (QED) is 0.434. The molecule has 30 heavy (non-hydrogen) atoms. The van der Waals surface area contributed by atoms with Gasteiger partial charge >= 0.3 is 5.97 Å². The number of sulfonamides is 1. The van der Waals surface area contributed by atoms with Crippen LogP contribution in [0.15, 0.2) is 29.2 Å². The molecule has 2 rings (SSSR count). The lowest BCUT2D eigenvalue weighted by Crippen LogP contribution is -2.18. The van der Waals surface area contributed by atoms with Crippen LogP contribution in [0.4, 0.5) is 11.4 Å². The van der Waals surface area contributed by atoms with Gasteiger partial charge in [0.05, 0.1) is 38.9 Å². The number of methoxy groups -OCH3 is 4. The molecule has 0 saturated heterocycles. The minimum absolute atomic E-state index is 0.0115. The molecule has 2 aromatic carbocycles. The third kappa shape index (κ3) is 4.15. The minimum atomic E-state index is -4.56. The molecule has 0 atom stereocenters. The second-order valence-electron chi connectivity index (χ2n) is 5.57. The maximum atomic E-state index is 13.0. The Morgan fingerprint density at radius 1 is 1.00 bits per heavy atom. The number of nitrogens with zero attached hydrogens (tertiary/aromatic N) is 1. The van der Waals surface area contributed by atoms with E-state index in [1.165, 1.54) is 28.4 Å². The zero-order valence-electron chi connectivity index (χ0n) is 16.3. The summed E-state index contributed by atoms with van der Waals surface area (Å²) in [5.74, 6) is -2.01. The fourth-order valence-electron chi connectivity index (χ4n) is 2.60. The average molecular weight is 442 g/mol. The zero-order valence-corrected chi connectivity index (χ0v) is 17.1. The van der Waals surface area contributed by atoms with Gasteiger partial charge in [-0.2, -0.15) is 0 Å². The molecule has 0 aromatic heterocycles. The number of benzene rings is 2. The lowest BCUT2D eigenvalue weighted by Gasteiger charge is -2.19. The standard InChI is InChI=1S/C17H18N2O10S/c1-26-11-6-5-9(19(22)23)7-13(11)30(24,25)18-14-10(17(20)21)8-12(27-2)15(28-3)16(14)29-4/h5-8,18H,1-4H3,(H,20,21). The van der Waals surface area contributed by atoms with E-state index in [-0.39, 0.29) is 23.0 Å². The molecule has 0 fully saturated rings. The van der Waals surface area contributed by atoms with Gasteiger partial charge in [0.2, 0.25) is 5.75 Å². The smallest absolute Gasteiger partial charge is 0.338 e. The topological polar surface area (TPSA) is 164 Å². The van der Waals surface area contributed by atoms with Crippen LogP contribution < -0.4 is 23.7 Å². The molecule has 12 nitrogen and oxygen atoms in total. The van der Waals surface area contributed by atoms with Crippen molar-refractivity contribution in [3.8, 4) is 23.0 Å². The Kier molecular flexibility index (Phi) is 6.56. The monoisotopic (exact) mass is 442 g/mol. The number of hydrogen-bond acceptors (Lipinski definition) is 9. The van der Waals surface area contributed by atoms with E-state index in [0.29, 0.717) is 0 Å². The van der Waals surface area contributed by atoms with Crippen molar-refractivity contribution >= 4 is 27.4 Å². The van der Waals surface area contributed by atoms with E-state index in [1.54, 1.807) is 0 Å². The van der Waals surface area contributed by atoms with Gasteiger partial charge in [0.1, 0.15) is 16.3 Å². The van der Waals surface area contributed by atoms with Gasteiger partial charge in [-0.1, -0.05) is 0 Å². The SMILES string of the molecule is COc1ccc([N+](=O)[O-])cc1S(=O)(=O)Nc1c(C(=O)O)cc(OC)c(OC)c1OC. The molecule has 2 aromatic rings. The largest absolute Gasteiger partial charge is 0.495 e. The molecule has 0 aliphatic rings. The van der Waals surface area contributed by atoms with Crippen LogP contribution in [0.25, 0.3) is 0 Å². The summed E-state index contributed by atoms with van der Waals surface area (Å²) in [7, 11) is 0.309. The Bertz CT molecular complexity index is 1100. The van der Waals surface area contributed by atoms with E-state index < -0.39 is 42.7 Å². The van der Waals surface area contributed by atoms with Crippen molar-refractivity contribution in [1.82, 2.24) is 0 Å². The summed E-state index contributed by atoms with van der Waals surface area (Å²) in [5, 5.41) is 20.6. The van der Waals surface area contributed by atoms with Gasteiger partial charge < -0.3 is 24.1 Å². The first-order valence-corrected chi connectivity index (χ1v) is 9.51. The molecule has 0 amide bonds. The zero-order chi connectivity index (χ0) is 22.6. The van der Waals surface area contributed by atoms with Crippen LogP contribution in [0.3, 0.4) is 0 Å². The number of anilines is 1. The minimum Gasteiger partial charge on any atom is -0.495 e. The second kappa shape index (κ2) is 8.73. The van der Waals surface area contributed by atoms with Crippen LogP contribution in [-0.2, 0) is 10.0 Å². The lowest BCUT2D eigenvalue weighted by atomic mass is 10.1. The first kappa shape index (κ1) is 22.5. The molecule has 0 heterocycles. The summed E-state index contributed by atoms with van der Waals surface area (Å²) in [6.07, 6.45) is 0. The highest BCUT2D eigenvalue weighted by atomic mass is 32.2. The van der Waals surface area contributed by atoms with Gasteiger partial charge in [0.15, 0.2) is 11.5 Å². The summed E-state index contributed by atoms with van der Waals surface area (Å²) >= 11 is 0.